The standard InChI is InChI=1S/C13H13NO3/c1-8-3-9(2)13-10(7-15)5-14(6-12(16)17)11(13)4-8/h3-5,7H,6H2,1-2H3,(H,16,17). The van der Waals surface area contributed by atoms with Gasteiger partial charge in [-0.3, -0.25) is 9.59 Å². The van der Waals surface area contributed by atoms with Gasteiger partial charge in [0.25, 0.3) is 0 Å². The topological polar surface area (TPSA) is 59.3 Å². The van der Waals surface area contributed by atoms with E-state index in [-0.39, 0.29) is 6.54 Å². The van der Waals surface area contributed by atoms with Crippen molar-refractivity contribution in [3.8, 4) is 0 Å². The van der Waals surface area contributed by atoms with E-state index in [2.05, 4.69) is 0 Å². The highest BCUT2D eigenvalue weighted by Crippen LogP contribution is 2.25. The lowest BCUT2D eigenvalue weighted by Crippen LogP contribution is -2.07. The first kappa shape index (κ1) is 11.4. The van der Waals surface area contributed by atoms with Crippen LogP contribution in [-0.2, 0) is 11.3 Å². The summed E-state index contributed by atoms with van der Waals surface area (Å²) in [5.41, 5.74) is 3.38. The normalized spacial score (nSPS) is 10.7. The molecule has 0 aliphatic rings. The molecule has 0 saturated carbocycles. The summed E-state index contributed by atoms with van der Waals surface area (Å²) in [6, 6.07) is 3.89. The van der Waals surface area contributed by atoms with Crippen LogP contribution in [0.3, 0.4) is 0 Å². The second-order valence-corrected chi connectivity index (χ2v) is 4.20. The highest BCUT2D eigenvalue weighted by atomic mass is 16.4. The monoisotopic (exact) mass is 231 g/mol. The van der Waals surface area contributed by atoms with Gasteiger partial charge in [-0.2, -0.15) is 0 Å². The summed E-state index contributed by atoms with van der Waals surface area (Å²) in [5, 5.41) is 9.68. The van der Waals surface area contributed by atoms with E-state index in [0.29, 0.717) is 5.56 Å². The summed E-state index contributed by atoms with van der Waals surface area (Å²) in [6.45, 7) is 3.74. The van der Waals surface area contributed by atoms with E-state index < -0.39 is 5.97 Å². The molecule has 0 radical (unpaired) electrons. The predicted octanol–water partition coefficient (Wildman–Crippen LogP) is 2.16. The zero-order chi connectivity index (χ0) is 12.6. The van der Waals surface area contributed by atoms with E-state index >= 15 is 0 Å². The molecular weight excluding hydrogens is 218 g/mol. The number of rotatable bonds is 3. The third-order valence-electron chi connectivity index (χ3n) is 2.78. The van der Waals surface area contributed by atoms with Gasteiger partial charge < -0.3 is 9.67 Å². The molecule has 88 valence electrons. The number of aldehydes is 1. The van der Waals surface area contributed by atoms with Crippen molar-refractivity contribution in [2.45, 2.75) is 20.4 Å². The van der Waals surface area contributed by atoms with Crippen LogP contribution in [0.4, 0.5) is 0 Å². The van der Waals surface area contributed by atoms with Crippen LogP contribution in [0.15, 0.2) is 18.3 Å². The van der Waals surface area contributed by atoms with E-state index in [9.17, 15) is 9.59 Å². The highest BCUT2D eigenvalue weighted by Gasteiger charge is 2.12. The Labute approximate surface area is 98.5 Å². The van der Waals surface area contributed by atoms with Crippen LogP contribution in [0.5, 0.6) is 0 Å². The molecule has 1 aromatic carbocycles. The van der Waals surface area contributed by atoms with Crippen LogP contribution < -0.4 is 0 Å². The second kappa shape index (κ2) is 4.05. The van der Waals surface area contributed by atoms with Crippen molar-refractivity contribution in [1.29, 1.82) is 0 Å². The number of carboxylic acid groups (broad SMARTS) is 1. The molecule has 0 fully saturated rings. The summed E-state index contributed by atoms with van der Waals surface area (Å²) < 4.78 is 1.60. The predicted molar refractivity (Wildman–Crippen MR) is 64.4 cm³/mol. The Hall–Kier alpha value is -2.10. The number of aromatic nitrogens is 1. The Kier molecular flexibility index (Phi) is 2.71. The number of fused-ring (bicyclic) bond motifs is 1. The minimum absolute atomic E-state index is 0.132. The summed E-state index contributed by atoms with van der Waals surface area (Å²) in [5.74, 6) is -0.918. The van der Waals surface area contributed by atoms with E-state index in [1.807, 2.05) is 26.0 Å². The molecule has 0 unspecified atom stereocenters. The van der Waals surface area contributed by atoms with Gasteiger partial charge >= 0.3 is 5.97 Å². The number of hydrogen-bond acceptors (Lipinski definition) is 2. The van der Waals surface area contributed by atoms with Crippen LogP contribution in [0.1, 0.15) is 21.5 Å². The van der Waals surface area contributed by atoms with Crippen LogP contribution in [0.25, 0.3) is 10.9 Å². The number of carbonyl (C=O) groups is 2. The largest absolute Gasteiger partial charge is 0.480 e. The summed E-state index contributed by atoms with van der Waals surface area (Å²) in [6.07, 6.45) is 2.36. The Morgan fingerprint density at radius 2 is 2.12 bits per heavy atom. The number of benzene rings is 1. The van der Waals surface area contributed by atoms with Gasteiger partial charge in [0, 0.05) is 22.7 Å². The average Bonchev–Trinajstić information content (AvgIpc) is 2.56. The zero-order valence-corrected chi connectivity index (χ0v) is 9.73. The molecule has 0 atom stereocenters. The molecule has 1 aromatic heterocycles. The number of carboxylic acids is 1. The van der Waals surface area contributed by atoms with Gasteiger partial charge in [-0.25, -0.2) is 0 Å². The number of aliphatic carboxylic acids is 1. The maximum absolute atomic E-state index is 11.0. The molecule has 17 heavy (non-hydrogen) atoms. The number of aryl methyl sites for hydroxylation is 2. The third kappa shape index (κ3) is 1.93. The molecule has 0 aliphatic heterocycles. The first-order valence-corrected chi connectivity index (χ1v) is 5.30. The molecule has 0 spiro atoms. The lowest BCUT2D eigenvalue weighted by Gasteiger charge is -2.04. The van der Waals surface area contributed by atoms with Crippen molar-refractivity contribution in [3.05, 3.63) is 35.0 Å². The number of hydrogen-bond donors (Lipinski definition) is 1. The van der Waals surface area contributed by atoms with Crippen LogP contribution >= 0.6 is 0 Å². The summed E-state index contributed by atoms with van der Waals surface area (Å²) in [4.78, 5) is 21.8. The van der Waals surface area contributed by atoms with Crippen molar-refractivity contribution in [2.24, 2.45) is 0 Å². The van der Waals surface area contributed by atoms with Gasteiger partial charge in [-0.15, -0.1) is 0 Å². The molecule has 1 heterocycles. The molecule has 0 amide bonds. The zero-order valence-electron chi connectivity index (χ0n) is 9.73. The van der Waals surface area contributed by atoms with Gasteiger partial charge in [0.2, 0.25) is 0 Å². The van der Waals surface area contributed by atoms with Gasteiger partial charge in [0.05, 0.1) is 0 Å². The first-order valence-electron chi connectivity index (χ1n) is 5.30. The van der Waals surface area contributed by atoms with Crippen LogP contribution in [-0.4, -0.2) is 21.9 Å². The van der Waals surface area contributed by atoms with E-state index in [4.69, 9.17) is 5.11 Å². The van der Waals surface area contributed by atoms with Crippen molar-refractivity contribution >= 4 is 23.2 Å². The van der Waals surface area contributed by atoms with Crippen molar-refractivity contribution in [1.82, 2.24) is 4.57 Å². The molecule has 0 aliphatic carbocycles. The van der Waals surface area contributed by atoms with Gasteiger partial charge in [0.15, 0.2) is 6.29 Å². The summed E-state index contributed by atoms with van der Waals surface area (Å²) in [7, 11) is 0. The van der Waals surface area contributed by atoms with Gasteiger partial charge in [-0.05, 0) is 31.0 Å². The Morgan fingerprint density at radius 3 is 2.71 bits per heavy atom. The fourth-order valence-corrected chi connectivity index (χ4v) is 2.22. The van der Waals surface area contributed by atoms with E-state index in [0.717, 1.165) is 28.3 Å². The minimum atomic E-state index is -0.918. The van der Waals surface area contributed by atoms with Gasteiger partial charge in [0.1, 0.15) is 6.54 Å². The fourth-order valence-electron chi connectivity index (χ4n) is 2.22. The maximum atomic E-state index is 11.0. The Morgan fingerprint density at radius 1 is 1.41 bits per heavy atom. The van der Waals surface area contributed by atoms with Crippen LogP contribution in [0.2, 0.25) is 0 Å². The van der Waals surface area contributed by atoms with Crippen molar-refractivity contribution in [2.75, 3.05) is 0 Å². The molecule has 0 saturated heterocycles. The quantitative estimate of drug-likeness (QED) is 0.823. The number of nitrogens with zero attached hydrogens (tertiary/aromatic N) is 1. The Bertz CT molecular complexity index is 611. The molecule has 1 N–H and O–H groups in total. The second-order valence-electron chi connectivity index (χ2n) is 4.20. The number of carbonyl (C=O) groups excluding carboxylic acids is 1. The smallest absolute Gasteiger partial charge is 0.323 e. The molecular formula is C13H13NO3. The Balaban J connectivity index is 2.77. The van der Waals surface area contributed by atoms with Gasteiger partial charge in [-0.1, -0.05) is 6.07 Å². The minimum Gasteiger partial charge on any atom is -0.480 e. The SMILES string of the molecule is Cc1cc(C)c2c(C=O)cn(CC(=O)O)c2c1. The molecule has 2 aromatic rings. The van der Waals surface area contributed by atoms with Crippen LogP contribution in [0, 0.1) is 13.8 Å². The molecule has 0 bridgehead atoms. The van der Waals surface area contributed by atoms with Crippen molar-refractivity contribution < 1.29 is 14.7 Å². The average molecular weight is 231 g/mol. The maximum Gasteiger partial charge on any atom is 0.323 e. The highest BCUT2D eigenvalue weighted by molar-refractivity contribution is 6.00. The van der Waals surface area contributed by atoms with E-state index in [1.165, 1.54) is 0 Å². The first-order chi connectivity index (χ1) is 8.02. The van der Waals surface area contributed by atoms with Crippen molar-refractivity contribution in [3.63, 3.8) is 0 Å². The fraction of sp³-hybridized carbons (Fsp3) is 0.231. The van der Waals surface area contributed by atoms with E-state index in [1.54, 1.807) is 10.8 Å². The molecule has 4 heteroatoms. The lowest BCUT2D eigenvalue weighted by molar-refractivity contribution is -0.137. The third-order valence-corrected chi connectivity index (χ3v) is 2.78. The lowest BCUT2D eigenvalue weighted by atomic mass is 10.1. The summed E-state index contributed by atoms with van der Waals surface area (Å²) >= 11 is 0. The molecule has 2 rings (SSSR count). The molecule has 4 nitrogen and oxygen atoms in total.